The van der Waals surface area contributed by atoms with Crippen LogP contribution < -0.4 is 5.32 Å². The van der Waals surface area contributed by atoms with Gasteiger partial charge >= 0.3 is 0 Å². The summed E-state index contributed by atoms with van der Waals surface area (Å²) in [5.74, 6) is 0. The summed E-state index contributed by atoms with van der Waals surface area (Å²) >= 11 is 3.70. The highest BCUT2D eigenvalue weighted by Crippen LogP contribution is 2.30. The lowest BCUT2D eigenvalue weighted by Crippen LogP contribution is -2.46. The molecule has 2 saturated heterocycles. The van der Waals surface area contributed by atoms with Gasteiger partial charge in [0.1, 0.15) is 0 Å². The van der Waals surface area contributed by atoms with Gasteiger partial charge in [-0.05, 0) is 56.8 Å². The van der Waals surface area contributed by atoms with Gasteiger partial charge in [0.2, 0.25) is 0 Å². The molecule has 2 aliphatic heterocycles. The molecule has 2 heterocycles. The van der Waals surface area contributed by atoms with Crippen molar-refractivity contribution in [2.75, 3.05) is 7.05 Å². The van der Waals surface area contributed by atoms with Crippen LogP contribution in [-0.4, -0.2) is 30.1 Å². The van der Waals surface area contributed by atoms with Crippen molar-refractivity contribution in [1.82, 2.24) is 10.2 Å². The number of fused-ring (bicyclic) bond motifs is 2. The first-order valence-corrected chi connectivity index (χ1v) is 8.12. The molecular weight excluding hydrogens is 300 g/mol. The van der Waals surface area contributed by atoms with E-state index >= 15 is 0 Å². The largest absolute Gasteiger partial charge is 0.311 e. The van der Waals surface area contributed by atoms with E-state index in [-0.39, 0.29) is 0 Å². The average Bonchev–Trinajstić information content (AvgIpc) is 2.71. The molecule has 0 spiro atoms. The van der Waals surface area contributed by atoms with Crippen molar-refractivity contribution in [3.05, 3.63) is 33.8 Å². The van der Waals surface area contributed by atoms with Crippen molar-refractivity contribution in [3.63, 3.8) is 0 Å². The molecule has 3 heteroatoms. The first kappa shape index (κ1) is 13.6. The first-order valence-electron chi connectivity index (χ1n) is 7.33. The van der Waals surface area contributed by atoms with Crippen LogP contribution in [0, 0.1) is 6.92 Å². The molecule has 2 nitrogen and oxygen atoms in total. The molecule has 3 atom stereocenters. The molecule has 0 amide bonds. The maximum atomic E-state index is 3.72. The van der Waals surface area contributed by atoms with E-state index in [1.54, 1.807) is 0 Å². The monoisotopic (exact) mass is 322 g/mol. The Kier molecular flexibility index (Phi) is 3.97. The van der Waals surface area contributed by atoms with Gasteiger partial charge in [-0.3, -0.25) is 4.90 Å². The predicted octanol–water partition coefficient (Wildman–Crippen LogP) is 3.47. The zero-order chi connectivity index (χ0) is 13.4. The van der Waals surface area contributed by atoms with Gasteiger partial charge in [0.15, 0.2) is 0 Å². The third kappa shape index (κ3) is 3.04. The first-order chi connectivity index (χ1) is 9.11. The summed E-state index contributed by atoms with van der Waals surface area (Å²) in [7, 11) is 2.28. The lowest BCUT2D eigenvalue weighted by Gasteiger charge is -2.35. The molecule has 2 fully saturated rings. The van der Waals surface area contributed by atoms with Crippen molar-refractivity contribution in [1.29, 1.82) is 0 Å². The third-order valence-corrected chi connectivity index (χ3v) is 5.44. The maximum Gasteiger partial charge on any atom is 0.0244 e. The van der Waals surface area contributed by atoms with Crippen LogP contribution in [0.25, 0.3) is 0 Å². The van der Waals surface area contributed by atoms with Gasteiger partial charge in [-0.1, -0.05) is 28.1 Å². The molecule has 2 aliphatic rings. The highest BCUT2D eigenvalue weighted by Gasteiger charge is 2.34. The SMILES string of the molecule is Cc1ccc(CN(C)C2C[C@H]3CC[C@@H](C2)N3)c(Br)c1. The fourth-order valence-corrected chi connectivity index (χ4v) is 4.18. The highest BCUT2D eigenvalue weighted by molar-refractivity contribution is 9.10. The van der Waals surface area contributed by atoms with Crippen molar-refractivity contribution >= 4 is 15.9 Å². The number of benzene rings is 1. The fraction of sp³-hybridized carbons (Fsp3) is 0.625. The summed E-state index contributed by atoms with van der Waals surface area (Å²) in [6, 6.07) is 8.97. The van der Waals surface area contributed by atoms with Crippen LogP contribution in [0.15, 0.2) is 22.7 Å². The molecule has 0 radical (unpaired) electrons. The summed E-state index contributed by atoms with van der Waals surface area (Å²) in [6.45, 7) is 3.19. The van der Waals surface area contributed by atoms with Crippen molar-refractivity contribution < 1.29 is 0 Å². The van der Waals surface area contributed by atoms with Crippen molar-refractivity contribution in [3.8, 4) is 0 Å². The molecule has 1 N–H and O–H groups in total. The molecule has 1 unspecified atom stereocenters. The van der Waals surface area contributed by atoms with Gasteiger partial charge in [0.05, 0.1) is 0 Å². The number of nitrogens with one attached hydrogen (secondary N) is 1. The molecule has 0 aromatic heterocycles. The van der Waals surface area contributed by atoms with E-state index in [1.165, 1.54) is 41.3 Å². The number of rotatable bonds is 3. The van der Waals surface area contributed by atoms with E-state index in [2.05, 4.69) is 58.3 Å². The molecule has 2 bridgehead atoms. The van der Waals surface area contributed by atoms with Crippen LogP contribution in [0.5, 0.6) is 0 Å². The Balaban J connectivity index is 1.66. The van der Waals surface area contributed by atoms with Crippen molar-refractivity contribution in [2.45, 2.75) is 57.3 Å². The number of aryl methyl sites for hydroxylation is 1. The van der Waals surface area contributed by atoms with E-state index in [4.69, 9.17) is 0 Å². The van der Waals surface area contributed by atoms with Gasteiger partial charge in [0, 0.05) is 29.1 Å². The molecule has 0 aliphatic carbocycles. The van der Waals surface area contributed by atoms with Crippen LogP contribution in [-0.2, 0) is 6.54 Å². The zero-order valence-corrected chi connectivity index (χ0v) is 13.4. The number of piperidine rings is 1. The van der Waals surface area contributed by atoms with E-state index in [0.717, 1.165) is 24.7 Å². The Labute approximate surface area is 124 Å². The quantitative estimate of drug-likeness (QED) is 0.916. The smallest absolute Gasteiger partial charge is 0.0244 e. The summed E-state index contributed by atoms with van der Waals surface area (Å²) in [5.41, 5.74) is 2.72. The van der Waals surface area contributed by atoms with E-state index < -0.39 is 0 Å². The van der Waals surface area contributed by atoms with Gasteiger partial charge in [-0.15, -0.1) is 0 Å². The van der Waals surface area contributed by atoms with Crippen LogP contribution in [0.3, 0.4) is 0 Å². The van der Waals surface area contributed by atoms with Gasteiger partial charge in [0.25, 0.3) is 0 Å². The van der Waals surface area contributed by atoms with Crippen molar-refractivity contribution in [2.24, 2.45) is 0 Å². The Hall–Kier alpha value is -0.380. The second-order valence-corrected chi connectivity index (χ2v) is 7.13. The van der Waals surface area contributed by atoms with Crippen LogP contribution in [0.1, 0.15) is 36.8 Å². The summed E-state index contributed by atoms with van der Waals surface area (Å²) in [4.78, 5) is 2.54. The molecule has 1 aromatic carbocycles. The third-order valence-electron chi connectivity index (χ3n) is 4.70. The standard InChI is InChI=1S/C16H23BrN2/c1-11-3-4-12(16(17)7-11)10-19(2)15-8-13-5-6-14(9-15)18-13/h3-4,7,13-15,18H,5-6,8-10H2,1-2H3/t13-,14+,15?. The molecule has 3 rings (SSSR count). The number of hydrogen-bond donors (Lipinski definition) is 1. The summed E-state index contributed by atoms with van der Waals surface area (Å²) in [5, 5.41) is 3.72. The predicted molar refractivity (Wildman–Crippen MR) is 83.3 cm³/mol. The summed E-state index contributed by atoms with van der Waals surface area (Å²) < 4.78 is 1.25. The van der Waals surface area contributed by atoms with Crippen LogP contribution in [0.2, 0.25) is 0 Å². The average molecular weight is 323 g/mol. The minimum Gasteiger partial charge on any atom is -0.311 e. The topological polar surface area (TPSA) is 15.3 Å². The lowest BCUT2D eigenvalue weighted by molar-refractivity contribution is 0.165. The molecule has 19 heavy (non-hydrogen) atoms. The normalized spacial score (nSPS) is 30.0. The second-order valence-electron chi connectivity index (χ2n) is 6.27. The minimum absolute atomic E-state index is 0.743. The maximum absolute atomic E-state index is 3.72. The van der Waals surface area contributed by atoms with Gasteiger partial charge in [-0.2, -0.15) is 0 Å². The Morgan fingerprint density at radius 3 is 2.58 bits per heavy atom. The minimum atomic E-state index is 0.743. The molecule has 1 aromatic rings. The van der Waals surface area contributed by atoms with Crippen LogP contribution >= 0.6 is 15.9 Å². The fourth-order valence-electron chi connectivity index (χ4n) is 3.57. The Morgan fingerprint density at radius 2 is 1.95 bits per heavy atom. The molecule has 104 valence electrons. The molecular formula is C16H23BrN2. The molecule has 0 saturated carbocycles. The van der Waals surface area contributed by atoms with Crippen LogP contribution in [0.4, 0.5) is 0 Å². The highest BCUT2D eigenvalue weighted by atomic mass is 79.9. The zero-order valence-electron chi connectivity index (χ0n) is 11.8. The van der Waals surface area contributed by atoms with Gasteiger partial charge < -0.3 is 5.32 Å². The van der Waals surface area contributed by atoms with Gasteiger partial charge in [-0.25, -0.2) is 0 Å². The van der Waals surface area contributed by atoms with E-state index in [0.29, 0.717) is 0 Å². The lowest BCUT2D eigenvalue weighted by atomic mass is 9.98. The Bertz CT molecular complexity index is 448. The summed E-state index contributed by atoms with van der Waals surface area (Å²) in [6.07, 6.45) is 5.39. The Morgan fingerprint density at radius 1 is 1.26 bits per heavy atom. The number of halogens is 1. The second kappa shape index (κ2) is 5.55. The van der Waals surface area contributed by atoms with E-state index in [9.17, 15) is 0 Å². The number of nitrogens with zero attached hydrogens (tertiary/aromatic N) is 1. The van der Waals surface area contributed by atoms with E-state index in [1.807, 2.05) is 0 Å². The number of hydrogen-bond acceptors (Lipinski definition) is 2.